The molecule has 12 heavy (non-hydrogen) atoms. The summed E-state index contributed by atoms with van der Waals surface area (Å²) < 4.78 is 0. The van der Waals surface area contributed by atoms with Crippen LogP contribution in [0.2, 0.25) is 0 Å². The lowest BCUT2D eigenvalue weighted by molar-refractivity contribution is 0.265. The van der Waals surface area contributed by atoms with Gasteiger partial charge in [-0.15, -0.1) is 0 Å². The monoisotopic (exact) mass is 169 g/mol. The van der Waals surface area contributed by atoms with E-state index in [0.29, 0.717) is 11.4 Å². The normalized spacial score (nSPS) is 8.67. The molecular formula is C9H15NO2. The third-order valence-corrected chi connectivity index (χ3v) is 1.19. The summed E-state index contributed by atoms with van der Waals surface area (Å²) in [4.78, 5) is 3.91. The zero-order valence-electron chi connectivity index (χ0n) is 7.49. The topological polar surface area (TPSA) is 53.4 Å². The summed E-state index contributed by atoms with van der Waals surface area (Å²) in [5, 5.41) is 17.2. The van der Waals surface area contributed by atoms with E-state index in [4.69, 9.17) is 10.2 Å². The van der Waals surface area contributed by atoms with Gasteiger partial charge in [0.2, 0.25) is 0 Å². The molecule has 0 aliphatic heterocycles. The minimum absolute atomic E-state index is 0.0756. The SMILES string of the molecule is CC.OCc1cccc(CO)n1. The lowest BCUT2D eigenvalue weighted by Gasteiger charge is -1.96. The van der Waals surface area contributed by atoms with Crippen LogP contribution in [-0.4, -0.2) is 15.2 Å². The van der Waals surface area contributed by atoms with E-state index >= 15 is 0 Å². The van der Waals surface area contributed by atoms with Crippen LogP contribution in [0, 0.1) is 0 Å². The zero-order valence-corrected chi connectivity index (χ0v) is 7.49. The molecule has 2 N–H and O–H groups in total. The molecule has 0 fully saturated rings. The molecule has 1 heterocycles. The van der Waals surface area contributed by atoms with Crippen molar-refractivity contribution in [3.05, 3.63) is 29.6 Å². The average molecular weight is 169 g/mol. The van der Waals surface area contributed by atoms with Crippen LogP contribution in [0.5, 0.6) is 0 Å². The first kappa shape index (κ1) is 11.1. The first-order chi connectivity index (χ1) is 5.86. The molecule has 3 heteroatoms. The molecule has 0 amide bonds. The van der Waals surface area contributed by atoms with E-state index in [1.165, 1.54) is 0 Å². The Morgan fingerprint density at radius 2 is 1.50 bits per heavy atom. The summed E-state index contributed by atoms with van der Waals surface area (Å²) in [6, 6.07) is 5.17. The molecular weight excluding hydrogens is 154 g/mol. The molecule has 1 aromatic rings. The van der Waals surface area contributed by atoms with Gasteiger partial charge >= 0.3 is 0 Å². The largest absolute Gasteiger partial charge is 0.390 e. The molecule has 0 aromatic carbocycles. The van der Waals surface area contributed by atoms with E-state index in [2.05, 4.69) is 4.98 Å². The van der Waals surface area contributed by atoms with Crippen molar-refractivity contribution in [3.8, 4) is 0 Å². The van der Waals surface area contributed by atoms with Gasteiger partial charge in [0.05, 0.1) is 24.6 Å². The van der Waals surface area contributed by atoms with Crippen molar-refractivity contribution in [2.45, 2.75) is 27.1 Å². The highest BCUT2D eigenvalue weighted by Crippen LogP contribution is 1.98. The summed E-state index contributed by atoms with van der Waals surface area (Å²) in [7, 11) is 0. The number of nitrogens with zero attached hydrogens (tertiary/aromatic N) is 1. The van der Waals surface area contributed by atoms with Crippen molar-refractivity contribution < 1.29 is 10.2 Å². The summed E-state index contributed by atoms with van der Waals surface area (Å²) in [5.74, 6) is 0. The highest BCUT2D eigenvalue weighted by Gasteiger charge is 1.92. The summed E-state index contributed by atoms with van der Waals surface area (Å²) in [6.07, 6.45) is 0. The maximum Gasteiger partial charge on any atom is 0.0853 e. The highest BCUT2D eigenvalue weighted by atomic mass is 16.3. The Hall–Kier alpha value is -0.930. The molecule has 0 bridgehead atoms. The maximum atomic E-state index is 8.61. The van der Waals surface area contributed by atoms with Gasteiger partial charge in [0.15, 0.2) is 0 Å². The second-order valence-electron chi connectivity index (χ2n) is 1.94. The second kappa shape index (κ2) is 6.76. The molecule has 1 rings (SSSR count). The van der Waals surface area contributed by atoms with Crippen molar-refractivity contribution in [1.82, 2.24) is 4.98 Å². The molecule has 0 aliphatic carbocycles. The van der Waals surface area contributed by atoms with Gasteiger partial charge in [-0.3, -0.25) is 4.98 Å². The number of hydrogen-bond acceptors (Lipinski definition) is 3. The minimum atomic E-state index is -0.0756. The first-order valence-electron chi connectivity index (χ1n) is 4.03. The van der Waals surface area contributed by atoms with Gasteiger partial charge in [-0.2, -0.15) is 0 Å². The molecule has 1 aromatic heterocycles. The molecule has 0 unspecified atom stereocenters. The van der Waals surface area contributed by atoms with Crippen molar-refractivity contribution in [2.75, 3.05) is 0 Å². The molecule has 68 valence electrons. The predicted molar refractivity (Wildman–Crippen MR) is 47.4 cm³/mol. The summed E-state index contributed by atoms with van der Waals surface area (Å²) in [6.45, 7) is 3.85. The third kappa shape index (κ3) is 3.46. The minimum Gasteiger partial charge on any atom is -0.390 e. The predicted octanol–water partition coefficient (Wildman–Crippen LogP) is 1.09. The smallest absolute Gasteiger partial charge is 0.0853 e. The summed E-state index contributed by atoms with van der Waals surface area (Å²) in [5.41, 5.74) is 1.18. The van der Waals surface area contributed by atoms with Crippen LogP contribution in [0.15, 0.2) is 18.2 Å². The molecule has 0 radical (unpaired) electrons. The number of pyridine rings is 1. The Balaban J connectivity index is 0.000000561. The van der Waals surface area contributed by atoms with Crippen molar-refractivity contribution in [3.63, 3.8) is 0 Å². The van der Waals surface area contributed by atoms with Crippen LogP contribution in [0.25, 0.3) is 0 Å². The fraction of sp³-hybridized carbons (Fsp3) is 0.444. The van der Waals surface area contributed by atoms with E-state index in [-0.39, 0.29) is 13.2 Å². The van der Waals surface area contributed by atoms with Crippen LogP contribution >= 0.6 is 0 Å². The summed E-state index contributed by atoms with van der Waals surface area (Å²) >= 11 is 0. The van der Waals surface area contributed by atoms with Gasteiger partial charge in [0, 0.05) is 0 Å². The maximum absolute atomic E-state index is 8.61. The van der Waals surface area contributed by atoms with E-state index in [9.17, 15) is 0 Å². The van der Waals surface area contributed by atoms with Crippen molar-refractivity contribution in [2.24, 2.45) is 0 Å². The van der Waals surface area contributed by atoms with Crippen LogP contribution in [0.4, 0.5) is 0 Å². The number of aliphatic hydroxyl groups excluding tert-OH is 2. The van der Waals surface area contributed by atoms with Gasteiger partial charge in [0.1, 0.15) is 0 Å². The Bertz CT molecular complexity index is 194. The third-order valence-electron chi connectivity index (χ3n) is 1.19. The van der Waals surface area contributed by atoms with Crippen molar-refractivity contribution in [1.29, 1.82) is 0 Å². The Morgan fingerprint density at radius 1 is 1.08 bits per heavy atom. The van der Waals surface area contributed by atoms with E-state index in [0.717, 1.165) is 0 Å². The molecule has 3 nitrogen and oxygen atoms in total. The fourth-order valence-electron chi connectivity index (χ4n) is 0.705. The lowest BCUT2D eigenvalue weighted by Crippen LogP contribution is -1.93. The second-order valence-corrected chi connectivity index (χ2v) is 1.94. The van der Waals surface area contributed by atoms with E-state index < -0.39 is 0 Å². The van der Waals surface area contributed by atoms with Crippen LogP contribution in [0.3, 0.4) is 0 Å². The molecule has 0 atom stereocenters. The zero-order chi connectivity index (χ0) is 9.40. The Morgan fingerprint density at radius 3 is 1.83 bits per heavy atom. The Labute approximate surface area is 72.7 Å². The van der Waals surface area contributed by atoms with Crippen LogP contribution in [-0.2, 0) is 13.2 Å². The van der Waals surface area contributed by atoms with Gasteiger partial charge in [-0.25, -0.2) is 0 Å². The lowest BCUT2D eigenvalue weighted by atomic mass is 10.3. The number of aliphatic hydroxyl groups is 2. The standard InChI is InChI=1S/C7H9NO2.C2H6/c9-4-6-2-1-3-7(5-10)8-6;1-2/h1-3,9-10H,4-5H2;1-2H3. The van der Waals surface area contributed by atoms with Gasteiger partial charge in [-0.05, 0) is 12.1 Å². The average Bonchev–Trinajstić information content (AvgIpc) is 2.21. The fourth-order valence-corrected chi connectivity index (χ4v) is 0.705. The van der Waals surface area contributed by atoms with Crippen LogP contribution < -0.4 is 0 Å². The van der Waals surface area contributed by atoms with Crippen molar-refractivity contribution >= 4 is 0 Å². The molecule has 0 saturated heterocycles. The number of rotatable bonds is 2. The van der Waals surface area contributed by atoms with Gasteiger partial charge in [0.25, 0.3) is 0 Å². The highest BCUT2D eigenvalue weighted by molar-refractivity contribution is 5.09. The molecule has 0 saturated carbocycles. The van der Waals surface area contributed by atoms with Crippen LogP contribution in [0.1, 0.15) is 25.2 Å². The quantitative estimate of drug-likeness (QED) is 0.696. The first-order valence-corrected chi connectivity index (χ1v) is 4.03. The van der Waals surface area contributed by atoms with Gasteiger partial charge < -0.3 is 10.2 Å². The van der Waals surface area contributed by atoms with Gasteiger partial charge in [-0.1, -0.05) is 19.9 Å². The molecule has 0 aliphatic rings. The molecule has 0 spiro atoms. The number of aromatic nitrogens is 1. The number of hydrogen-bond donors (Lipinski definition) is 2. The van der Waals surface area contributed by atoms with E-state index in [1.54, 1.807) is 18.2 Å². The Kier molecular flexibility index (Phi) is 6.24. The van der Waals surface area contributed by atoms with E-state index in [1.807, 2.05) is 13.8 Å².